The number of amides is 1. The molecule has 152 valence electrons. The zero-order valence-corrected chi connectivity index (χ0v) is 14.8. The lowest BCUT2D eigenvalue weighted by atomic mass is 9.98. The van der Waals surface area contributed by atoms with E-state index in [0.29, 0.717) is 6.42 Å². The van der Waals surface area contributed by atoms with Crippen LogP contribution in [0.1, 0.15) is 44.0 Å². The summed E-state index contributed by atoms with van der Waals surface area (Å²) in [7, 11) is 0. The Morgan fingerprint density at radius 2 is 2.00 bits per heavy atom. The number of anilines is 1. The molecule has 9 nitrogen and oxygen atoms in total. The maximum absolute atomic E-state index is 12.8. The highest BCUT2D eigenvalue weighted by molar-refractivity contribution is 5.92. The van der Waals surface area contributed by atoms with E-state index in [-0.39, 0.29) is 18.3 Å². The van der Waals surface area contributed by atoms with Crippen LogP contribution in [0.2, 0.25) is 0 Å². The van der Waals surface area contributed by atoms with E-state index < -0.39 is 29.9 Å². The number of hydrogen-bond donors (Lipinski definition) is 2. The summed E-state index contributed by atoms with van der Waals surface area (Å²) in [6.07, 6.45) is 1.76. The average Bonchev–Trinajstić information content (AvgIpc) is 3.33. The van der Waals surface area contributed by atoms with Crippen molar-refractivity contribution in [3.05, 3.63) is 24.4 Å². The molecule has 2 N–H and O–H groups in total. The molecule has 0 saturated heterocycles. The number of aromatic nitrogens is 5. The molecule has 1 aliphatic carbocycles. The second kappa shape index (κ2) is 7.98. The molecule has 0 aliphatic heterocycles. The molecule has 0 radical (unpaired) electrons. The van der Waals surface area contributed by atoms with Crippen molar-refractivity contribution in [3.63, 3.8) is 0 Å². The molecular formula is C16H19F3N6O3. The van der Waals surface area contributed by atoms with Crippen LogP contribution in [0.4, 0.5) is 19.0 Å². The molecule has 1 atom stereocenters. The quantitative estimate of drug-likeness (QED) is 0.737. The van der Waals surface area contributed by atoms with Gasteiger partial charge in [-0.05, 0) is 12.3 Å². The molecule has 12 heteroatoms. The SMILES string of the molecule is O=C(O)Cn1ccc(NC(=O)[C@H](CC2CCCC2)n2cnc(C(F)(F)F)n2)n1. The summed E-state index contributed by atoms with van der Waals surface area (Å²) in [6, 6.07) is 0.437. The zero-order chi connectivity index (χ0) is 20.3. The van der Waals surface area contributed by atoms with Crippen LogP contribution in [0.3, 0.4) is 0 Å². The molecule has 28 heavy (non-hydrogen) atoms. The first kappa shape index (κ1) is 19.8. The van der Waals surface area contributed by atoms with Gasteiger partial charge in [-0.2, -0.15) is 18.3 Å². The van der Waals surface area contributed by atoms with Gasteiger partial charge in [0.05, 0.1) is 0 Å². The Morgan fingerprint density at radius 3 is 2.61 bits per heavy atom. The number of carboxylic acids is 1. The maximum Gasteiger partial charge on any atom is 0.453 e. The Kier molecular flexibility index (Phi) is 5.66. The first-order chi connectivity index (χ1) is 13.2. The van der Waals surface area contributed by atoms with Crippen molar-refractivity contribution in [2.24, 2.45) is 5.92 Å². The van der Waals surface area contributed by atoms with E-state index in [9.17, 15) is 22.8 Å². The van der Waals surface area contributed by atoms with E-state index in [1.165, 1.54) is 12.3 Å². The van der Waals surface area contributed by atoms with Crippen LogP contribution in [-0.4, -0.2) is 41.5 Å². The zero-order valence-electron chi connectivity index (χ0n) is 14.8. The molecule has 0 bridgehead atoms. The fraction of sp³-hybridized carbons (Fsp3) is 0.562. The minimum atomic E-state index is -4.70. The summed E-state index contributed by atoms with van der Waals surface area (Å²) in [4.78, 5) is 26.7. The van der Waals surface area contributed by atoms with Gasteiger partial charge in [0.1, 0.15) is 18.9 Å². The van der Waals surface area contributed by atoms with Crippen molar-refractivity contribution in [2.45, 2.75) is 50.9 Å². The molecule has 0 spiro atoms. The lowest BCUT2D eigenvalue weighted by Crippen LogP contribution is -2.29. The molecule has 1 amide bonds. The minimum absolute atomic E-state index is 0.110. The minimum Gasteiger partial charge on any atom is -0.480 e. The van der Waals surface area contributed by atoms with Gasteiger partial charge in [-0.1, -0.05) is 25.7 Å². The first-order valence-corrected chi connectivity index (χ1v) is 8.77. The highest BCUT2D eigenvalue weighted by atomic mass is 19.4. The van der Waals surface area contributed by atoms with Gasteiger partial charge in [0.2, 0.25) is 0 Å². The monoisotopic (exact) mass is 400 g/mol. The van der Waals surface area contributed by atoms with Crippen LogP contribution in [0.5, 0.6) is 0 Å². The second-order valence-electron chi connectivity index (χ2n) is 6.73. The summed E-state index contributed by atoms with van der Waals surface area (Å²) in [5.74, 6) is -2.66. The summed E-state index contributed by atoms with van der Waals surface area (Å²) in [5.41, 5.74) is 0. The molecule has 2 heterocycles. The van der Waals surface area contributed by atoms with Gasteiger partial charge >= 0.3 is 12.1 Å². The normalized spacial score (nSPS) is 16.2. The van der Waals surface area contributed by atoms with Crippen molar-refractivity contribution in [1.29, 1.82) is 0 Å². The summed E-state index contributed by atoms with van der Waals surface area (Å²) < 4.78 is 40.5. The van der Waals surface area contributed by atoms with Crippen LogP contribution in [-0.2, 0) is 22.3 Å². The van der Waals surface area contributed by atoms with Crippen molar-refractivity contribution in [3.8, 4) is 0 Å². The number of hydrogen-bond acceptors (Lipinski definition) is 5. The van der Waals surface area contributed by atoms with E-state index in [2.05, 4.69) is 20.5 Å². The number of nitrogens with zero attached hydrogens (tertiary/aromatic N) is 5. The number of halogens is 3. The standard InChI is InChI=1S/C16H19F3N6O3/c17-16(18,19)15-20-9-25(23-15)11(7-10-3-1-2-4-10)14(28)21-12-5-6-24(22-12)8-13(26)27/h5-6,9-11H,1-4,7-8H2,(H,26,27)(H,21,22,28)/t11-/m0/s1. The van der Waals surface area contributed by atoms with Gasteiger partial charge in [0.25, 0.3) is 11.7 Å². The predicted octanol–water partition coefficient (Wildman–Crippen LogP) is 2.34. The maximum atomic E-state index is 12.8. The molecule has 2 aromatic rings. The smallest absolute Gasteiger partial charge is 0.453 e. The Balaban J connectivity index is 1.77. The van der Waals surface area contributed by atoms with Crippen LogP contribution < -0.4 is 5.32 Å². The molecule has 0 unspecified atom stereocenters. The second-order valence-corrected chi connectivity index (χ2v) is 6.73. The van der Waals surface area contributed by atoms with Gasteiger partial charge in [-0.25, -0.2) is 9.67 Å². The Labute approximate surface area is 157 Å². The Bertz CT molecular complexity index is 841. The molecule has 1 aliphatic rings. The number of carboxylic acid groups (broad SMARTS) is 1. The van der Waals surface area contributed by atoms with Gasteiger partial charge in [0, 0.05) is 12.3 Å². The number of carbonyl (C=O) groups is 2. The number of carbonyl (C=O) groups excluding carboxylic acids is 1. The molecule has 1 fully saturated rings. The van der Waals surface area contributed by atoms with Gasteiger partial charge in [-0.3, -0.25) is 14.3 Å². The third-order valence-electron chi connectivity index (χ3n) is 4.60. The van der Waals surface area contributed by atoms with Crippen LogP contribution in [0, 0.1) is 5.92 Å². The first-order valence-electron chi connectivity index (χ1n) is 8.77. The number of aliphatic carboxylic acids is 1. The molecule has 3 rings (SSSR count). The predicted molar refractivity (Wildman–Crippen MR) is 89.1 cm³/mol. The molecular weight excluding hydrogens is 381 g/mol. The summed E-state index contributed by atoms with van der Waals surface area (Å²) >= 11 is 0. The lowest BCUT2D eigenvalue weighted by Gasteiger charge is -2.19. The number of rotatable bonds is 7. The largest absolute Gasteiger partial charge is 0.480 e. The van der Waals surface area contributed by atoms with E-state index >= 15 is 0 Å². The highest BCUT2D eigenvalue weighted by Gasteiger charge is 2.37. The van der Waals surface area contributed by atoms with E-state index in [0.717, 1.165) is 41.4 Å². The average molecular weight is 400 g/mol. The fourth-order valence-corrected chi connectivity index (χ4v) is 3.32. The molecule has 2 aromatic heterocycles. The summed E-state index contributed by atoms with van der Waals surface area (Å²) in [6.45, 7) is -0.376. The van der Waals surface area contributed by atoms with Crippen molar-refractivity contribution in [1.82, 2.24) is 24.5 Å². The number of nitrogens with one attached hydrogen (secondary N) is 1. The summed E-state index contributed by atoms with van der Waals surface area (Å²) in [5, 5.41) is 18.7. The third-order valence-corrected chi connectivity index (χ3v) is 4.60. The van der Waals surface area contributed by atoms with E-state index in [4.69, 9.17) is 5.11 Å². The van der Waals surface area contributed by atoms with Crippen LogP contribution in [0.15, 0.2) is 18.6 Å². The number of alkyl halides is 3. The van der Waals surface area contributed by atoms with Gasteiger partial charge in [0.15, 0.2) is 5.82 Å². The fourth-order valence-electron chi connectivity index (χ4n) is 3.32. The van der Waals surface area contributed by atoms with E-state index in [1.807, 2.05) is 0 Å². The third kappa shape index (κ3) is 4.87. The van der Waals surface area contributed by atoms with Crippen LogP contribution in [0.25, 0.3) is 0 Å². The Hall–Kier alpha value is -2.92. The van der Waals surface area contributed by atoms with E-state index in [1.54, 1.807) is 0 Å². The van der Waals surface area contributed by atoms with Crippen molar-refractivity contribution in [2.75, 3.05) is 5.32 Å². The van der Waals surface area contributed by atoms with Crippen LogP contribution >= 0.6 is 0 Å². The topological polar surface area (TPSA) is 115 Å². The molecule has 1 saturated carbocycles. The van der Waals surface area contributed by atoms with Crippen molar-refractivity contribution < 1.29 is 27.9 Å². The molecule has 0 aromatic carbocycles. The highest BCUT2D eigenvalue weighted by Crippen LogP contribution is 2.33. The lowest BCUT2D eigenvalue weighted by molar-refractivity contribution is -0.145. The van der Waals surface area contributed by atoms with Crippen molar-refractivity contribution >= 4 is 17.7 Å². The van der Waals surface area contributed by atoms with Gasteiger partial charge < -0.3 is 10.4 Å². The Morgan fingerprint density at radius 1 is 1.29 bits per heavy atom. The van der Waals surface area contributed by atoms with Gasteiger partial charge in [-0.15, -0.1) is 5.10 Å².